The summed E-state index contributed by atoms with van der Waals surface area (Å²) in [6.07, 6.45) is 5.19. The van der Waals surface area contributed by atoms with Crippen molar-refractivity contribution >= 4 is 9.84 Å². The number of phenolic OH excluding ortho intramolecular Hbond substituents is 1. The van der Waals surface area contributed by atoms with E-state index in [1.165, 1.54) is 12.1 Å². The van der Waals surface area contributed by atoms with E-state index >= 15 is 0 Å². The van der Waals surface area contributed by atoms with Gasteiger partial charge in [0.1, 0.15) is 5.75 Å². The van der Waals surface area contributed by atoms with Crippen molar-refractivity contribution in [2.24, 2.45) is 0 Å². The van der Waals surface area contributed by atoms with Crippen LogP contribution in [0.2, 0.25) is 0 Å². The Morgan fingerprint density at radius 3 is 2.50 bits per heavy atom. The van der Waals surface area contributed by atoms with Crippen LogP contribution >= 0.6 is 0 Å². The largest absolute Gasteiger partial charge is 0.508 e. The minimum absolute atomic E-state index is 0.0275. The zero-order chi connectivity index (χ0) is 16.8. The molecule has 5 heteroatoms. The Bertz CT molecular complexity index is 670. The highest BCUT2D eigenvalue weighted by molar-refractivity contribution is 7.91. The number of aromatic hydroxyl groups is 1. The minimum Gasteiger partial charge on any atom is -0.508 e. The van der Waals surface area contributed by atoms with Crippen LogP contribution in [-0.2, 0) is 9.84 Å². The first-order valence-corrected chi connectivity index (χ1v) is 8.86. The molecule has 0 amide bonds. The molecule has 1 rings (SSSR count). The third-order valence-corrected chi connectivity index (χ3v) is 5.34. The summed E-state index contributed by atoms with van der Waals surface area (Å²) in [5, 5.41) is 18.3. The van der Waals surface area contributed by atoms with Gasteiger partial charge in [-0.2, -0.15) is 0 Å². The highest BCUT2D eigenvalue weighted by Crippen LogP contribution is 2.23. The van der Waals surface area contributed by atoms with Crippen molar-refractivity contribution in [3.63, 3.8) is 0 Å². The molecule has 0 aliphatic heterocycles. The second-order valence-corrected chi connectivity index (χ2v) is 7.49. The van der Waals surface area contributed by atoms with Crippen LogP contribution < -0.4 is 0 Å². The van der Waals surface area contributed by atoms with Gasteiger partial charge in [0.15, 0.2) is 9.84 Å². The van der Waals surface area contributed by atoms with Gasteiger partial charge in [0.25, 0.3) is 0 Å². The average molecular weight is 324 g/mol. The van der Waals surface area contributed by atoms with Gasteiger partial charge in [-0.05, 0) is 51.3 Å². The second-order valence-electron chi connectivity index (χ2n) is 5.53. The first-order valence-electron chi connectivity index (χ1n) is 7.20. The highest BCUT2D eigenvalue weighted by atomic mass is 32.2. The van der Waals surface area contributed by atoms with Crippen LogP contribution in [0, 0.1) is 6.92 Å². The zero-order valence-corrected chi connectivity index (χ0v) is 14.2. The Kier molecular flexibility index (Phi) is 6.84. The summed E-state index contributed by atoms with van der Waals surface area (Å²) in [7, 11) is -3.46. The van der Waals surface area contributed by atoms with Crippen molar-refractivity contribution in [3.8, 4) is 5.75 Å². The summed E-state index contributed by atoms with van der Waals surface area (Å²) in [5.41, 5.74) is 2.49. The summed E-state index contributed by atoms with van der Waals surface area (Å²) in [5.74, 6) is -0.101. The van der Waals surface area contributed by atoms with E-state index in [4.69, 9.17) is 5.11 Å². The summed E-state index contributed by atoms with van der Waals surface area (Å²) in [6, 6.07) is 4.38. The molecule has 1 aromatic rings. The smallest absolute Gasteiger partial charge is 0.182 e. The van der Waals surface area contributed by atoms with Crippen LogP contribution in [-0.4, -0.2) is 31.0 Å². The van der Waals surface area contributed by atoms with Gasteiger partial charge in [0.2, 0.25) is 0 Å². The van der Waals surface area contributed by atoms with Gasteiger partial charge in [0, 0.05) is 0 Å². The molecule has 0 bridgehead atoms. The number of aliphatic hydroxyl groups excluding tert-OH is 1. The maximum absolute atomic E-state index is 12.4. The van der Waals surface area contributed by atoms with Gasteiger partial charge >= 0.3 is 0 Å². The Labute approximate surface area is 132 Å². The predicted octanol–water partition coefficient (Wildman–Crippen LogP) is 3.14. The van der Waals surface area contributed by atoms with Gasteiger partial charge in [-0.3, -0.25) is 0 Å². The van der Waals surface area contributed by atoms with Crippen LogP contribution in [0.1, 0.15) is 32.3 Å². The Morgan fingerprint density at radius 2 is 1.86 bits per heavy atom. The SMILES string of the molecule is CC(=CCO)CCC=C(C)CS(=O)(=O)c1cc(O)ccc1C. The maximum atomic E-state index is 12.4. The van der Waals surface area contributed by atoms with Crippen molar-refractivity contribution in [1.82, 2.24) is 0 Å². The van der Waals surface area contributed by atoms with Crippen molar-refractivity contribution < 1.29 is 18.6 Å². The van der Waals surface area contributed by atoms with E-state index < -0.39 is 9.84 Å². The number of hydrogen-bond donors (Lipinski definition) is 2. The van der Waals surface area contributed by atoms with E-state index in [0.717, 1.165) is 24.0 Å². The topological polar surface area (TPSA) is 74.6 Å². The van der Waals surface area contributed by atoms with Crippen molar-refractivity contribution in [3.05, 3.63) is 47.1 Å². The quantitative estimate of drug-likeness (QED) is 0.756. The number of sulfone groups is 1. The molecule has 0 atom stereocenters. The fourth-order valence-corrected chi connectivity index (χ4v) is 3.90. The third-order valence-electron chi connectivity index (χ3n) is 3.40. The molecule has 1 aromatic carbocycles. The standard InChI is InChI=1S/C17H24O4S/c1-13(9-10-18)5-4-6-14(2)12-22(20,21)17-11-16(19)8-7-15(17)3/h6-9,11,18-19H,4-5,10,12H2,1-3H3. The zero-order valence-electron chi connectivity index (χ0n) is 13.3. The molecule has 4 nitrogen and oxygen atoms in total. The lowest BCUT2D eigenvalue weighted by molar-refractivity contribution is 0.341. The molecule has 0 aliphatic rings. The van der Waals surface area contributed by atoms with Gasteiger partial charge in [-0.15, -0.1) is 0 Å². The van der Waals surface area contributed by atoms with Crippen molar-refractivity contribution in [2.45, 2.75) is 38.5 Å². The van der Waals surface area contributed by atoms with Gasteiger partial charge in [0.05, 0.1) is 17.3 Å². The van der Waals surface area contributed by atoms with Gasteiger partial charge in [-0.25, -0.2) is 8.42 Å². The fraction of sp³-hybridized carbons (Fsp3) is 0.412. The number of aliphatic hydroxyl groups is 1. The normalized spacial score (nSPS) is 13.5. The molecule has 22 heavy (non-hydrogen) atoms. The molecular weight excluding hydrogens is 300 g/mol. The Hall–Kier alpha value is -1.59. The molecule has 0 fully saturated rings. The van der Waals surface area contributed by atoms with E-state index in [-0.39, 0.29) is 23.0 Å². The molecule has 122 valence electrons. The second kappa shape index (κ2) is 8.15. The maximum Gasteiger partial charge on any atom is 0.182 e. The molecular formula is C17H24O4S. The van der Waals surface area contributed by atoms with E-state index in [9.17, 15) is 13.5 Å². The lowest BCUT2D eigenvalue weighted by atomic mass is 10.1. The first kappa shape index (κ1) is 18.5. The molecule has 0 spiro atoms. The first-order chi connectivity index (χ1) is 10.3. The minimum atomic E-state index is -3.46. The third kappa shape index (κ3) is 5.66. The predicted molar refractivity (Wildman–Crippen MR) is 88.7 cm³/mol. The number of phenols is 1. The molecule has 0 aliphatic carbocycles. The van der Waals surface area contributed by atoms with Gasteiger partial charge in [-0.1, -0.05) is 29.4 Å². The fourth-order valence-electron chi connectivity index (χ4n) is 2.16. The van der Waals surface area contributed by atoms with E-state index in [1.807, 2.05) is 13.0 Å². The van der Waals surface area contributed by atoms with Crippen molar-refractivity contribution in [2.75, 3.05) is 12.4 Å². The number of rotatable bonds is 7. The lowest BCUT2D eigenvalue weighted by Crippen LogP contribution is -2.09. The van der Waals surface area contributed by atoms with E-state index in [1.54, 1.807) is 26.0 Å². The summed E-state index contributed by atoms with van der Waals surface area (Å²) in [4.78, 5) is 0.177. The van der Waals surface area contributed by atoms with Crippen LogP contribution in [0.15, 0.2) is 46.4 Å². The highest BCUT2D eigenvalue weighted by Gasteiger charge is 2.18. The molecule has 0 unspecified atom stereocenters. The van der Waals surface area contributed by atoms with Crippen LogP contribution in [0.4, 0.5) is 0 Å². The molecule has 0 saturated heterocycles. The molecule has 0 heterocycles. The number of hydrogen-bond acceptors (Lipinski definition) is 4. The molecule has 0 aromatic heterocycles. The molecule has 2 N–H and O–H groups in total. The van der Waals surface area contributed by atoms with Crippen LogP contribution in [0.25, 0.3) is 0 Å². The average Bonchev–Trinajstić information content (AvgIpc) is 2.41. The number of benzene rings is 1. The summed E-state index contributed by atoms with van der Waals surface area (Å²) < 4.78 is 24.8. The van der Waals surface area contributed by atoms with Crippen molar-refractivity contribution in [1.29, 1.82) is 0 Å². The summed E-state index contributed by atoms with van der Waals surface area (Å²) >= 11 is 0. The van der Waals surface area contributed by atoms with Gasteiger partial charge < -0.3 is 10.2 Å². The van der Waals surface area contributed by atoms with E-state index in [0.29, 0.717) is 5.56 Å². The van der Waals surface area contributed by atoms with Crippen LogP contribution in [0.3, 0.4) is 0 Å². The monoisotopic (exact) mass is 324 g/mol. The number of aryl methyl sites for hydroxylation is 1. The summed E-state index contributed by atoms with van der Waals surface area (Å²) in [6.45, 7) is 5.47. The lowest BCUT2D eigenvalue weighted by Gasteiger charge is -2.09. The Morgan fingerprint density at radius 1 is 1.18 bits per heavy atom. The van der Waals surface area contributed by atoms with E-state index in [2.05, 4.69) is 0 Å². The number of allylic oxidation sites excluding steroid dienone is 2. The molecule has 0 saturated carbocycles. The Balaban J connectivity index is 2.79. The molecule has 0 radical (unpaired) electrons. The van der Waals surface area contributed by atoms with Crippen LogP contribution in [0.5, 0.6) is 5.75 Å².